The first-order valence-electron chi connectivity index (χ1n) is 24.0. The fraction of sp³-hybridized carbons (Fsp3) is 0.765. The molecule has 0 spiro atoms. The van der Waals surface area contributed by atoms with E-state index in [0.29, 0.717) is 29.9 Å². The third kappa shape index (κ3) is 20.1. The van der Waals surface area contributed by atoms with E-state index >= 15 is 0 Å². The summed E-state index contributed by atoms with van der Waals surface area (Å²) in [6, 6.07) is -1.24. The highest BCUT2D eigenvalue weighted by atomic mass is 16.2. The average Bonchev–Trinajstić information content (AvgIpc) is 3.85. The number of piperidine rings is 1. The fourth-order valence-electron chi connectivity index (χ4n) is 8.62. The van der Waals surface area contributed by atoms with Gasteiger partial charge >= 0.3 is 6.03 Å². The topological polar surface area (TPSA) is 146 Å². The zero-order valence-electron chi connectivity index (χ0n) is 41.7. The Kier molecular flexibility index (Phi) is 28.2. The van der Waals surface area contributed by atoms with Gasteiger partial charge in [0.1, 0.15) is 6.04 Å². The summed E-state index contributed by atoms with van der Waals surface area (Å²) in [6.07, 6.45) is 19.8. The summed E-state index contributed by atoms with van der Waals surface area (Å²) < 4.78 is 0. The predicted molar refractivity (Wildman–Crippen MR) is 259 cm³/mol. The summed E-state index contributed by atoms with van der Waals surface area (Å²) in [5, 5.41) is 12.7. The highest BCUT2D eigenvalue weighted by molar-refractivity contribution is 5.98. The van der Waals surface area contributed by atoms with Crippen LogP contribution in [0.1, 0.15) is 168 Å². The number of carbonyl (C=O) groups is 4. The van der Waals surface area contributed by atoms with Crippen LogP contribution in [-0.2, 0) is 14.4 Å². The van der Waals surface area contributed by atoms with Gasteiger partial charge in [-0.05, 0) is 119 Å². The highest BCUT2D eigenvalue weighted by Crippen LogP contribution is 2.51. The minimum Gasteiger partial charge on any atom is -0.377 e. The fourth-order valence-corrected chi connectivity index (χ4v) is 8.62. The Morgan fingerprint density at radius 1 is 0.852 bits per heavy atom. The van der Waals surface area contributed by atoms with E-state index in [9.17, 15) is 19.2 Å². The van der Waals surface area contributed by atoms with Crippen molar-refractivity contribution in [2.45, 2.75) is 198 Å². The maximum atomic E-state index is 14.9. The van der Waals surface area contributed by atoms with Crippen LogP contribution < -0.4 is 27.0 Å². The van der Waals surface area contributed by atoms with Crippen molar-refractivity contribution < 1.29 is 19.2 Å². The Bertz CT molecular complexity index is 1380. The second kappa shape index (κ2) is 29.8. The largest absolute Gasteiger partial charge is 0.377 e. The maximum absolute atomic E-state index is 14.9. The van der Waals surface area contributed by atoms with E-state index < -0.39 is 6.04 Å². The number of nitrogens with zero attached hydrogens (tertiary/aromatic N) is 1. The Morgan fingerprint density at radius 3 is 1.80 bits per heavy atom. The Morgan fingerprint density at radius 2 is 1.39 bits per heavy atom. The monoisotopic (exact) mass is 855 g/mol. The number of amides is 4. The first kappa shape index (κ1) is 57.6. The minimum atomic E-state index is -0.668. The second-order valence-corrected chi connectivity index (χ2v) is 18.7. The van der Waals surface area contributed by atoms with Crippen LogP contribution in [0.5, 0.6) is 0 Å². The minimum absolute atomic E-state index is 0.00868. The van der Waals surface area contributed by atoms with Crippen LogP contribution in [-0.4, -0.2) is 72.3 Å². The van der Waals surface area contributed by atoms with Crippen LogP contribution in [0.4, 0.5) is 4.79 Å². The van der Waals surface area contributed by atoms with Crippen molar-refractivity contribution in [1.29, 1.82) is 0 Å². The van der Waals surface area contributed by atoms with Gasteiger partial charge in [0.05, 0.1) is 12.1 Å². The number of ketones is 1. The molecule has 0 bridgehead atoms. The molecule has 4 aliphatic rings. The molecule has 0 aromatic rings. The van der Waals surface area contributed by atoms with Gasteiger partial charge in [-0.1, -0.05) is 132 Å². The van der Waals surface area contributed by atoms with Crippen molar-refractivity contribution in [3.8, 4) is 0 Å². The third-order valence-electron chi connectivity index (χ3n) is 12.3. The smallest absolute Gasteiger partial charge is 0.315 e. The zero-order chi connectivity index (χ0) is 47.0. The van der Waals surface area contributed by atoms with Crippen LogP contribution in [0.2, 0.25) is 0 Å². The molecule has 1 aliphatic heterocycles. The molecule has 0 radical (unpaired) electrons. The summed E-state index contributed by atoms with van der Waals surface area (Å²) >= 11 is 0. The zero-order valence-corrected chi connectivity index (χ0v) is 41.7. The molecule has 61 heavy (non-hydrogen) atoms. The van der Waals surface area contributed by atoms with E-state index in [4.69, 9.17) is 0 Å². The molecule has 352 valence electrons. The van der Waals surface area contributed by atoms with Crippen molar-refractivity contribution in [2.24, 2.45) is 46.7 Å². The molecule has 2 saturated carbocycles. The number of allylic oxidation sites excluding steroid dienone is 4. The summed E-state index contributed by atoms with van der Waals surface area (Å²) in [7, 11) is 1.50. The standard InChI is InChI=1S/C40H64N4O3.C5H11NO.C3H8.C2H6.CH5N/c1-10-34(40(8,9)11-2)42-39(47)43-35(30-20-26(5)16-13-12-14-17-27(6)21-30)38(46)44-24-31-23-32(31)36(44)28(7)41-33(37(45)25(3)4)22-29-18-15-19-29;1-4(2)6-5(3)7;1-3-2;2*1-2/h13-14,16-17,26-27,29-36,41H,3,7,10-12,15,18-24H2,1-2,4-6,8-9H3,(H2,42,43,47);4H,1-3H3,(H,6,7);3H2,1-2H3;1-2H3;2H2,1H3/b16-13-,17-14-;;;;/t26?,27?,30?,31-,32-,33?,34?,35?,36?;;;;/m0..../s1. The lowest BCUT2D eigenvalue weighted by atomic mass is 9.79. The number of nitrogens with one attached hydrogen (secondary N) is 4. The normalized spacial score (nSPS) is 25.3. The van der Waals surface area contributed by atoms with Gasteiger partial charge in [0.15, 0.2) is 5.78 Å². The van der Waals surface area contributed by atoms with Crippen molar-refractivity contribution in [3.63, 3.8) is 0 Å². The van der Waals surface area contributed by atoms with Gasteiger partial charge in [-0.2, -0.15) is 0 Å². The van der Waals surface area contributed by atoms with Crippen LogP contribution >= 0.6 is 0 Å². The quantitative estimate of drug-likeness (QED) is 0.0819. The summed E-state index contributed by atoms with van der Waals surface area (Å²) in [5.74, 6) is 1.86. The van der Waals surface area contributed by atoms with E-state index in [-0.39, 0.29) is 71.0 Å². The van der Waals surface area contributed by atoms with E-state index in [1.165, 1.54) is 26.8 Å². The maximum Gasteiger partial charge on any atom is 0.315 e. The van der Waals surface area contributed by atoms with E-state index in [1.807, 2.05) is 32.6 Å². The predicted octanol–water partition coefficient (Wildman–Crippen LogP) is 10.3. The molecular formula is C51H94N6O4. The molecule has 0 aromatic carbocycles. The van der Waals surface area contributed by atoms with E-state index in [1.54, 1.807) is 6.92 Å². The van der Waals surface area contributed by atoms with Crippen LogP contribution in [0.25, 0.3) is 0 Å². The molecule has 1 heterocycles. The van der Waals surface area contributed by atoms with Gasteiger partial charge in [-0.3, -0.25) is 14.4 Å². The summed E-state index contributed by atoms with van der Waals surface area (Å²) in [6.45, 7) is 37.5. The molecule has 6 unspecified atom stereocenters. The van der Waals surface area contributed by atoms with Crippen molar-refractivity contribution in [3.05, 3.63) is 48.7 Å². The molecule has 4 rings (SSSR count). The molecule has 3 aliphatic carbocycles. The lowest BCUT2D eigenvalue weighted by Gasteiger charge is -2.39. The number of likely N-dealkylation sites (tertiary alicyclic amines) is 1. The van der Waals surface area contributed by atoms with Crippen molar-refractivity contribution in [1.82, 2.24) is 26.2 Å². The molecule has 10 nitrogen and oxygen atoms in total. The highest BCUT2D eigenvalue weighted by Gasteiger charge is 2.56. The second-order valence-electron chi connectivity index (χ2n) is 18.7. The molecule has 1 saturated heterocycles. The SMILES string of the molecule is C=C(C)C(=O)C(CC1CCC1)NC(=C)C1[C@H]2C[C@H]2CN1C(=O)C(NC(=O)NC(CC)C(C)(C)CC)C1CC(C)/C=C\C/C=C\C(C)C1.CC.CC(=O)NC(C)C.CCC.CN. The lowest BCUT2D eigenvalue weighted by Crippen LogP contribution is -2.59. The summed E-state index contributed by atoms with van der Waals surface area (Å²) in [4.78, 5) is 54.1. The van der Waals surface area contributed by atoms with Crippen LogP contribution in [0.15, 0.2) is 48.7 Å². The van der Waals surface area contributed by atoms with E-state index in [2.05, 4.69) is 120 Å². The Balaban J connectivity index is 0.00000225. The van der Waals surface area contributed by atoms with Gasteiger partial charge in [-0.25, -0.2) is 4.79 Å². The van der Waals surface area contributed by atoms with Gasteiger partial charge in [0, 0.05) is 31.2 Å². The molecule has 8 atom stereocenters. The van der Waals surface area contributed by atoms with Gasteiger partial charge < -0.3 is 31.9 Å². The number of rotatable bonds is 15. The molecule has 4 amide bonds. The number of fused-ring (bicyclic) bond motifs is 1. The van der Waals surface area contributed by atoms with Gasteiger partial charge in [-0.15, -0.1) is 0 Å². The van der Waals surface area contributed by atoms with Gasteiger partial charge in [0.25, 0.3) is 0 Å². The van der Waals surface area contributed by atoms with Gasteiger partial charge in [0.2, 0.25) is 11.8 Å². The lowest BCUT2D eigenvalue weighted by molar-refractivity contribution is -0.136. The van der Waals surface area contributed by atoms with Crippen molar-refractivity contribution >= 4 is 23.6 Å². The Hall–Kier alpha value is -3.40. The number of nitrogens with two attached hydrogens (primary N) is 1. The summed E-state index contributed by atoms with van der Waals surface area (Å²) in [5.41, 5.74) is 5.73. The molecule has 3 fully saturated rings. The van der Waals surface area contributed by atoms with E-state index in [0.717, 1.165) is 63.5 Å². The number of urea groups is 1. The first-order chi connectivity index (χ1) is 28.8. The number of hydrogen-bond acceptors (Lipinski definition) is 6. The average molecular weight is 855 g/mol. The molecule has 10 heteroatoms. The van der Waals surface area contributed by atoms with Crippen LogP contribution in [0.3, 0.4) is 0 Å². The number of Topliss-reactive ketones (excluding diaryl/α,β-unsaturated/α-hetero) is 1. The molecule has 0 aromatic heterocycles. The molecule has 6 N–H and O–H groups in total. The number of hydrogen-bond donors (Lipinski definition) is 5. The van der Waals surface area contributed by atoms with Crippen LogP contribution in [0, 0.1) is 40.9 Å². The third-order valence-corrected chi connectivity index (χ3v) is 12.3. The first-order valence-corrected chi connectivity index (χ1v) is 24.0. The molecular weight excluding hydrogens is 761 g/mol. The Labute approximate surface area is 374 Å². The van der Waals surface area contributed by atoms with Crippen molar-refractivity contribution in [2.75, 3.05) is 13.6 Å². The number of carbonyl (C=O) groups excluding carboxylic acids is 4.